The fourth-order valence-corrected chi connectivity index (χ4v) is 2.02. The van der Waals surface area contributed by atoms with Gasteiger partial charge in [-0.25, -0.2) is 0 Å². The van der Waals surface area contributed by atoms with Gasteiger partial charge in [-0.05, 0) is 42.5 Å². The number of hydrogen-bond acceptors (Lipinski definition) is 3. The van der Waals surface area contributed by atoms with Crippen LogP contribution in [0.1, 0.15) is 24.5 Å². The molecule has 1 unspecified atom stereocenters. The molecule has 100 valence electrons. The Morgan fingerprint density at radius 1 is 1.28 bits per heavy atom. The molecule has 0 aliphatic rings. The molecule has 0 aliphatic carbocycles. The first-order valence-electron chi connectivity index (χ1n) is 5.91. The summed E-state index contributed by atoms with van der Waals surface area (Å²) in [5.41, 5.74) is 1.98. The van der Waals surface area contributed by atoms with E-state index in [0.717, 1.165) is 22.6 Å². The molecule has 0 heterocycles. The van der Waals surface area contributed by atoms with Crippen molar-refractivity contribution in [3.05, 3.63) is 23.3 Å². The maximum absolute atomic E-state index is 10.7. The highest BCUT2D eigenvalue weighted by molar-refractivity contribution is 5.67. The fraction of sp³-hybridized carbons (Fsp3) is 0.500. The minimum atomic E-state index is -0.777. The van der Waals surface area contributed by atoms with E-state index in [4.69, 9.17) is 14.6 Å². The Morgan fingerprint density at radius 2 is 1.89 bits per heavy atom. The molecule has 4 nitrogen and oxygen atoms in total. The van der Waals surface area contributed by atoms with Gasteiger partial charge in [-0.2, -0.15) is 0 Å². The van der Waals surface area contributed by atoms with Crippen LogP contribution in [0.25, 0.3) is 0 Å². The van der Waals surface area contributed by atoms with Crippen molar-refractivity contribution in [2.45, 2.75) is 26.7 Å². The van der Waals surface area contributed by atoms with Crippen molar-refractivity contribution in [3.8, 4) is 11.5 Å². The Hall–Kier alpha value is -1.71. The molecule has 0 spiro atoms. The van der Waals surface area contributed by atoms with E-state index in [0.29, 0.717) is 6.42 Å². The smallest absolute Gasteiger partial charge is 0.303 e. The Bertz CT molecular complexity index is 426. The van der Waals surface area contributed by atoms with Crippen LogP contribution in [0.5, 0.6) is 11.5 Å². The lowest BCUT2D eigenvalue weighted by Gasteiger charge is -2.15. The largest absolute Gasteiger partial charge is 0.496 e. The van der Waals surface area contributed by atoms with E-state index in [1.807, 2.05) is 26.0 Å². The molecule has 1 N–H and O–H groups in total. The summed E-state index contributed by atoms with van der Waals surface area (Å²) < 4.78 is 10.6. The van der Waals surface area contributed by atoms with Crippen LogP contribution in [0, 0.1) is 12.8 Å². The first-order chi connectivity index (χ1) is 8.47. The quantitative estimate of drug-likeness (QED) is 0.845. The highest BCUT2D eigenvalue weighted by Crippen LogP contribution is 2.30. The summed E-state index contributed by atoms with van der Waals surface area (Å²) in [7, 11) is 3.24. The lowest BCUT2D eigenvalue weighted by molar-refractivity contribution is -0.137. The van der Waals surface area contributed by atoms with Gasteiger partial charge < -0.3 is 14.6 Å². The van der Waals surface area contributed by atoms with Gasteiger partial charge in [0.05, 0.1) is 14.2 Å². The Kier molecular flexibility index (Phi) is 5.01. The SMILES string of the molecule is COc1cc(CC(C)CC(=O)O)c(OC)cc1C. The number of methoxy groups -OCH3 is 2. The third-order valence-corrected chi connectivity index (χ3v) is 2.89. The van der Waals surface area contributed by atoms with Crippen LogP contribution >= 0.6 is 0 Å². The molecule has 0 fully saturated rings. The van der Waals surface area contributed by atoms with E-state index >= 15 is 0 Å². The van der Waals surface area contributed by atoms with Crippen LogP contribution < -0.4 is 9.47 Å². The summed E-state index contributed by atoms with van der Waals surface area (Å²) in [6, 6.07) is 3.84. The molecule has 0 amide bonds. The molecule has 4 heteroatoms. The molecular formula is C14H20O4. The van der Waals surface area contributed by atoms with Gasteiger partial charge in [0.1, 0.15) is 11.5 Å². The van der Waals surface area contributed by atoms with E-state index < -0.39 is 5.97 Å². The molecule has 0 saturated carbocycles. The van der Waals surface area contributed by atoms with Crippen LogP contribution in [-0.4, -0.2) is 25.3 Å². The number of aryl methyl sites for hydroxylation is 1. The zero-order valence-electron chi connectivity index (χ0n) is 11.3. The predicted molar refractivity (Wildman–Crippen MR) is 69.4 cm³/mol. The summed E-state index contributed by atoms with van der Waals surface area (Å²) in [4.78, 5) is 10.7. The number of benzene rings is 1. The summed E-state index contributed by atoms with van der Waals surface area (Å²) in [6.45, 7) is 3.87. The Morgan fingerprint density at radius 3 is 2.39 bits per heavy atom. The minimum absolute atomic E-state index is 0.0591. The molecule has 1 aromatic carbocycles. The van der Waals surface area contributed by atoms with Crippen LogP contribution in [0.15, 0.2) is 12.1 Å². The van der Waals surface area contributed by atoms with Gasteiger partial charge in [-0.15, -0.1) is 0 Å². The molecule has 0 aliphatic heterocycles. The molecule has 1 atom stereocenters. The second-order valence-corrected chi connectivity index (χ2v) is 4.54. The zero-order chi connectivity index (χ0) is 13.7. The van der Waals surface area contributed by atoms with E-state index in [1.165, 1.54) is 0 Å². The number of carbonyl (C=O) groups is 1. The van der Waals surface area contributed by atoms with E-state index in [2.05, 4.69) is 0 Å². The summed E-state index contributed by atoms with van der Waals surface area (Å²) in [5, 5.41) is 8.78. The lowest BCUT2D eigenvalue weighted by atomic mass is 9.96. The standard InChI is InChI=1S/C14H20O4/c1-9(6-14(15)16)5-11-8-12(17-3)10(2)7-13(11)18-4/h7-9H,5-6H2,1-4H3,(H,15,16). The summed E-state index contributed by atoms with van der Waals surface area (Å²) >= 11 is 0. The molecule has 18 heavy (non-hydrogen) atoms. The normalized spacial score (nSPS) is 12.0. The van der Waals surface area contributed by atoms with Gasteiger partial charge in [-0.3, -0.25) is 4.79 Å². The predicted octanol–water partition coefficient (Wildman–Crippen LogP) is 2.67. The van der Waals surface area contributed by atoms with Crippen LogP contribution in [0.4, 0.5) is 0 Å². The lowest BCUT2D eigenvalue weighted by Crippen LogP contribution is -2.08. The third kappa shape index (κ3) is 3.65. The van der Waals surface area contributed by atoms with Crippen molar-refractivity contribution in [1.29, 1.82) is 0 Å². The number of carboxylic acid groups (broad SMARTS) is 1. The van der Waals surface area contributed by atoms with E-state index in [9.17, 15) is 4.79 Å². The highest BCUT2D eigenvalue weighted by atomic mass is 16.5. The zero-order valence-corrected chi connectivity index (χ0v) is 11.3. The molecule has 0 bridgehead atoms. The molecule has 0 saturated heterocycles. The number of ether oxygens (including phenoxy) is 2. The third-order valence-electron chi connectivity index (χ3n) is 2.89. The molecule has 1 aromatic rings. The second kappa shape index (κ2) is 6.28. The first-order valence-corrected chi connectivity index (χ1v) is 5.91. The van der Waals surface area contributed by atoms with Gasteiger partial charge in [0, 0.05) is 6.42 Å². The summed E-state index contributed by atoms with van der Waals surface area (Å²) in [6.07, 6.45) is 0.811. The van der Waals surface area contributed by atoms with Gasteiger partial charge in [-0.1, -0.05) is 6.92 Å². The van der Waals surface area contributed by atoms with Crippen molar-refractivity contribution >= 4 is 5.97 Å². The van der Waals surface area contributed by atoms with Crippen LogP contribution in [0.3, 0.4) is 0 Å². The minimum Gasteiger partial charge on any atom is -0.496 e. The maximum Gasteiger partial charge on any atom is 0.303 e. The number of carboxylic acids is 1. The fourth-order valence-electron chi connectivity index (χ4n) is 2.02. The second-order valence-electron chi connectivity index (χ2n) is 4.54. The van der Waals surface area contributed by atoms with E-state index in [1.54, 1.807) is 14.2 Å². The van der Waals surface area contributed by atoms with Crippen molar-refractivity contribution < 1.29 is 19.4 Å². The highest BCUT2D eigenvalue weighted by Gasteiger charge is 2.14. The van der Waals surface area contributed by atoms with Crippen molar-refractivity contribution in [1.82, 2.24) is 0 Å². The van der Waals surface area contributed by atoms with E-state index in [-0.39, 0.29) is 12.3 Å². The Labute approximate surface area is 108 Å². The first kappa shape index (κ1) is 14.4. The van der Waals surface area contributed by atoms with Crippen LogP contribution in [0.2, 0.25) is 0 Å². The average molecular weight is 252 g/mol. The maximum atomic E-state index is 10.7. The van der Waals surface area contributed by atoms with Crippen molar-refractivity contribution in [3.63, 3.8) is 0 Å². The van der Waals surface area contributed by atoms with Crippen molar-refractivity contribution in [2.75, 3.05) is 14.2 Å². The number of hydrogen-bond donors (Lipinski definition) is 1. The number of aliphatic carboxylic acids is 1. The van der Waals surface area contributed by atoms with Gasteiger partial charge in [0.2, 0.25) is 0 Å². The van der Waals surface area contributed by atoms with Crippen LogP contribution in [-0.2, 0) is 11.2 Å². The summed E-state index contributed by atoms with van der Waals surface area (Å²) in [5.74, 6) is 0.864. The molecular weight excluding hydrogens is 232 g/mol. The van der Waals surface area contributed by atoms with Crippen molar-refractivity contribution in [2.24, 2.45) is 5.92 Å². The van der Waals surface area contributed by atoms with Gasteiger partial charge >= 0.3 is 5.97 Å². The average Bonchev–Trinajstić information content (AvgIpc) is 2.29. The van der Waals surface area contributed by atoms with Gasteiger partial charge in [0.15, 0.2) is 0 Å². The number of rotatable bonds is 6. The molecule has 0 aromatic heterocycles. The molecule has 1 rings (SSSR count). The topological polar surface area (TPSA) is 55.8 Å². The molecule has 0 radical (unpaired) electrons. The Balaban J connectivity index is 2.95. The monoisotopic (exact) mass is 252 g/mol. The van der Waals surface area contributed by atoms with Gasteiger partial charge in [0.25, 0.3) is 0 Å².